The molecule has 0 aromatic carbocycles. The molecule has 18 heavy (non-hydrogen) atoms. The molecule has 0 radical (unpaired) electrons. The first-order chi connectivity index (χ1) is 8.69. The van der Waals surface area contributed by atoms with Crippen LogP contribution < -0.4 is 5.32 Å². The fraction of sp³-hybridized carbons (Fsp3) is 0.769. The lowest BCUT2D eigenvalue weighted by molar-refractivity contribution is 0.0272. The van der Waals surface area contributed by atoms with E-state index < -0.39 is 0 Å². The molecule has 1 aromatic rings. The zero-order valence-corrected chi connectivity index (χ0v) is 13.3. The molecule has 1 heterocycles. The molecule has 1 aromatic heterocycles. The zero-order chi connectivity index (χ0) is 13.5. The summed E-state index contributed by atoms with van der Waals surface area (Å²) >= 11 is 3.59. The Morgan fingerprint density at radius 3 is 2.67 bits per heavy atom. The first-order valence-corrected chi connectivity index (χ1v) is 7.48. The quantitative estimate of drug-likeness (QED) is 0.800. The van der Waals surface area contributed by atoms with Crippen LogP contribution in [0.2, 0.25) is 0 Å². The van der Waals surface area contributed by atoms with Crippen LogP contribution >= 0.6 is 15.9 Å². The summed E-state index contributed by atoms with van der Waals surface area (Å²) in [7, 11) is 1.98. The Labute approximate surface area is 118 Å². The van der Waals surface area contributed by atoms with Gasteiger partial charge in [0.05, 0.1) is 28.5 Å². The predicted octanol–water partition coefficient (Wildman–Crippen LogP) is 3.13. The van der Waals surface area contributed by atoms with E-state index in [0.717, 1.165) is 30.5 Å². The fourth-order valence-corrected chi connectivity index (χ4v) is 2.82. The molecule has 0 amide bonds. The third-order valence-corrected chi connectivity index (χ3v) is 3.68. The van der Waals surface area contributed by atoms with E-state index in [-0.39, 0.29) is 12.1 Å². The van der Waals surface area contributed by atoms with Gasteiger partial charge in [-0.2, -0.15) is 5.10 Å². The van der Waals surface area contributed by atoms with E-state index in [9.17, 15) is 0 Å². The Morgan fingerprint density at radius 1 is 1.44 bits per heavy atom. The molecule has 104 valence electrons. The molecule has 0 bridgehead atoms. The summed E-state index contributed by atoms with van der Waals surface area (Å²) in [4.78, 5) is 0. The Hall–Kier alpha value is -0.390. The number of nitrogens with zero attached hydrogens (tertiary/aromatic N) is 2. The molecular formula is C13H24BrN3O. The molecule has 2 atom stereocenters. The number of ether oxygens (including phenoxy) is 1. The van der Waals surface area contributed by atoms with Gasteiger partial charge in [-0.3, -0.25) is 4.68 Å². The molecule has 1 N–H and O–H groups in total. The second-order valence-electron chi connectivity index (χ2n) is 4.24. The molecule has 4 nitrogen and oxygen atoms in total. The number of rotatable bonds is 8. The lowest BCUT2D eigenvalue weighted by Gasteiger charge is -2.27. The molecule has 0 saturated heterocycles. The molecule has 2 unspecified atom stereocenters. The SMILES string of the molecule is CCCC(OCC)C(NC)c1c(Br)cnn1CC. The van der Waals surface area contributed by atoms with E-state index in [1.807, 2.05) is 24.9 Å². The molecule has 0 aliphatic heterocycles. The van der Waals surface area contributed by atoms with Crippen molar-refractivity contribution in [2.45, 2.75) is 52.3 Å². The van der Waals surface area contributed by atoms with Crippen molar-refractivity contribution in [3.8, 4) is 0 Å². The van der Waals surface area contributed by atoms with E-state index in [2.05, 4.69) is 40.2 Å². The smallest absolute Gasteiger partial charge is 0.0785 e. The van der Waals surface area contributed by atoms with E-state index in [0.29, 0.717) is 0 Å². The summed E-state index contributed by atoms with van der Waals surface area (Å²) in [6.45, 7) is 7.93. The van der Waals surface area contributed by atoms with Gasteiger partial charge >= 0.3 is 0 Å². The number of hydrogen-bond donors (Lipinski definition) is 1. The molecule has 0 fully saturated rings. The van der Waals surface area contributed by atoms with Crippen molar-refractivity contribution < 1.29 is 4.74 Å². The number of halogens is 1. The van der Waals surface area contributed by atoms with Crippen molar-refractivity contribution >= 4 is 15.9 Å². The topological polar surface area (TPSA) is 39.1 Å². The van der Waals surface area contributed by atoms with Gasteiger partial charge < -0.3 is 10.1 Å². The molecule has 0 saturated carbocycles. The fourth-order valence-electron chi connectivity index (χ4n) is 2.28. The second-order valence-corrected chi connectivity index (χ2v) is 5.10. The highest BCUT2D eigenvalue weighted by Gasteiger charge is 2.26. The van der Waals surface area contributed by atoms with Crippen LogP contribution in [0.1, 0.15) is 45.3 Å². The van der Waals surface area contributed by atoms with Crippen LogP contribution in [0.3, 0.4) is 0 Å². The first-order valence-electron chi connectivity index (χ1n) is 6.69. The van der Waals surface area contributed by atoms with Crippen molar-refractivity contribution in [2.75, 3.05) is 13.7 Å². The van der Waals surface area contributed by atoms with Crippen LogP contribution in [-0.2, 0) is 11.3 Å². The van der Waals surface area contributed by atoms with Crippen molar-refractivity contribution in [1.82, 2.24) is 15.1 Å². The Kier molecular flexibility index (Phi) is 6.89. The molecule has 0 aliphatic rings. The minimum absolute atomic E-state index is 0.168. The van der Waals surface area contributed by atoms with Crippen molar-refractivity contribution in [3.05, 3.63) is 16.4 Å². The Morgan fingerprint density at radius 2 is 2.17 bits per heavy atom. The lowest BCUT2D eigenvalue weighted by atomic mass is 10.0. The third-order valence-electron chi connectivity index (χ3n) is 3.06. The van der Waals surface area contributed by atoms with Crippen LogP contribution in [0.5, 0.6) is 0 Å². The highest BCUT2D eigenvalue weighted by molar-refractivity contribution is 9.10. The average Bonchev–Trinajstić information content (AvgIpc) is 2.73. The highest BCUT2D eigenvalue weighted by atomic mass is 79.9. The van der Waals surface area contributed by atoms with Gasteiger partial charge in [-0.1, -0.05) is 13.3 Å². The maximum atomic E-state index is 5.89. The van der Waals surface area contributed by atoms with Crippen molar-refractivity contribution in [1.29, 1.82) is 0 Å². The van der Waals surface area contributed by atoms with E-state index in [1.165, 1.54) is 5.69 Å². The number of aromatic nitrogens is 2. The van der Waals surface area contributed by atoms with Crippen LogP contribution in [0.4, 0.5) is 0 Å². The van der Waals surface area contributed by atoms with Gasteiger partial charge in [0.25, 0.3) is 0 Å². The molecular weight excluding hydrogens is 294 g/mol. The minimum Gasteiger partial charge on any atom is -0.376 e. The predicted molar refractivity (Wildman–Crippen MR) is 77.7 cm³/mol. The number of nitrogens with one attached hydrogen (secondary N) is 1. The van der Waals surface area contributed by atoms with Gasteiger partial charge in [-0.15, -0.1) is 0 Å². The molecule has 5 heteroatoms. The minimum atomic E-state index is 0.168. The lowest BCUT2D eigenvalue weighted by Crippen LogP contribution is -2.33. The monoisotopic (exact) mass is 317 g/mol. The normalized spacial score (nSPS) is 14.7. The summed E-state index contributed by atoms with van der Waals surface area (Å²) in [5.74, 6) is 0. The Bertz CT molecular complexity index is 348. The van der Waals surface area contributed by atoms with Crippen molar-refractivity contribution in [3.63, 3.8) is 0 Å². The summed E-state index contributed by atoms with van der Waals surface area (Å²) in [6.07, 6.45) is 4.20. The first kappa shape index (κ1) is 15.7. The summed E-state index contributed by atoms with van der Waals surface area (Å²) in [6, 6.07) is 0.168. The Balaban J connectivity index is 3.01. The van der Waals surface area contributed by atoms with E-state index >= 15 is 0 Å². The maximum absolute atomic E-state index is 5.89. The van der Waals surface area contributed by atoms with Gasteiger partial charge in [0, 0.05) is 13.2 Å². The van der Waals surface area contributed by atoms with Gasteiger partial charge in [0.15, 0.2) is 0 Å². The van der Waals surface area contributed by atoms with Gasteiger partial charge in [0.1, 0.15) is 0 Å². The second kappa shape index (κ2) is 7.92. The summed E-state index contributed by atoms with van der Waals surface area (Å²) in [5.41, 5.74) is 1.17. The van der Waals surface area contributed by atoms with Crippen LogP contribution in [-0.4, -0.2) is 29.5 Å². The van der Waals surface area contributed by atoms with Crippen LogP contribution in [0.15, 0.2) is 10.7 Å². The molecule has 1 rings (SSSR count). The highest BCUT2D eigenvalue weighted by Crippen LogP contribution is 2.28. The summed E-state index contributed by atoms with van der Waals surface area (Å²) < 4.78 is 8.96. The summed E-state index contributed by atoms with van der Waals surface area (Å²) in [5, 5.41) is 7.75. The van der Waals surface area contributed by atoms with E-state index in [1.54, 1.807) is 0 Å². The number of hydrogen-bond acceptors (Lipinski definition) is 3. The van der Waals surface area contributed by atoms with Crippen LogP contribution in [0, 0.1) is 0 Å². The third kappa shape index (κ3) is 3.56. The largest absolute Gasteiger partial charge is 0.376 e. The van der Waals surface area contributed by atoms with Crippen molar-refractivity contribution in [2.24, 2.45) is 0 Å². The molecule has 0 aliphatic carbocycles. The van der Waals surface area contributed by atoms with Gasteiger partial charge in [-0.05, 0) is 43.2 Å². The zero-order valence-electron chi connectivity index (χ0n) is 11.7. The van der Waals surface area contributed by atoms with Crippen LogP contribution in [0.25, 0.3) is 0 Å². The maximum Gasteiger partial charge on any atom is 0.0785 e. The standard InChI is InChI=1S/C13H24BrN3O/c1-5-8-11(18-7-3)12(15-4)13-10(14)9-16-17(13)6-2/h9,11-12,15H,5-8H2,1-4H3. The van der Waals surface area contributed by atoms with Gasteiger partial charge in [-0.25, -0.2) is 0 Å². The number of likely N-dealkylation sites (N-methyl/N-ethyl adjacent to an activating group) is 1. The number of aryl methyl sites for hydroxylation is 1. The van der Waals surface area contributed by atoms with E-state index in [4.69, 9.17) is 4.74 Å². The molecule has 0 spiro atoms. The average molecular weight is 318 g/mol. The van der Waals surface area contributed by atoms with Gasteiger partial charge in [0.2, 0.25) is 0 Å².